The summed E-state index contributed by atoms with van der Waals surface area (Å²) in [5.41, 5.74) is -1.66. The maximum absolute atomic E-state index is 13.0. The zero-order chi connectivity index (χ0) is 19.9. The zero-order valence-electron chi connectivity index (χ0n) is 14.1. The van der Waals surface area contributed by atoms with Gasteiger partial charge in [-0.05, 0) is 0 Å². The molecular formula is C15H7NNa2O8S. The first-order chi connectivity index (χ1) is 12.6. The molecule has 0 saturated heterocycles. The van der Waals surface area contributed by atoms with E-state index in [1.165, 1.54) is 18.2 Å². The first-order valence-corrected chi connectivity index (χ1v) is 10.9. The summed E-state index contributed by atoms with van der Waals surface area (Å²) in [4.78, 5) is 23.8. The predicted molar refractivity (Wildman–Crippen MR) is 97.5 cm³/mol. The first-order valence-electron chi connectivity index (χ1n) is 7.56. The van der Waals surface area contributed by atoms with E-state index in [4.69, 9.17) is 8.97 Å². The van der Waals surface area contributed by atoms with Gasteiger partial charge in [0.15, 0.2) is 0 Å². The number of nitro groups is 1. The molecule has 1 heterocycles. The van der Waals surface area contributed by atoms with Crippen LogP contribution in [-0.2, 0) is 10.4 Å². The fourth-order valence-corrected chi connectivity index (χ4v) is 3.85. The van der Waals surface area contributed by atoms with Gasteiger partial charge in [0.1, 0.15) is 0 Å². The fourth-order valence-electron chi connectivity index (χ4n) is 2.67. The van der Waals surface area contributed by atoms with Gasteiger partial charge in [-0.2, -0.15) is 0 Å². The van der Waals surface area contributed by atoms with E-state index in [1.54, 1.807) is 18.2 Å². The van der Waals surface area contributed by atoms with Gasteiger partial charge in [-0.25, -0.2) is 0 Å². The molecule has 12 heteroatoms. The van der Waals surface area contributed by atoms with Gasteiger partial charge in [0.2, 0.25) is 0 Å². The number of hydrogen-bond donors (Lipinski definition) is 1. The molecule has 0 saturated carbocycles. The third kappa shape index (κ3) is 4.44. The van der Waals surface area contributed by atoms with Crippen LogP contribution in [0.15, 0.2) is 45.6 Å². The SMILES string of the molecule is O=c1c(-c2cc[c]([Na])cc2[N+](=O)[O-])c(OS(=O)(=O)O)oc2c[c]([Na])ccc12. The van der Waals surface area contributed by atoms with Crippen molar-refractivity contribution < 1.29 is 26.5 Å². The molecule has 1 N–H and O–H groups in total. The van der Waals surface area contributed by atoms with E-state index in [1.807, 2.05) is 0 Å². The second kappa shape index (κ2) is 7.64. The van der Waals surface area contributed by atoms with Gasteiger partial charge in [0, 0.05) is 0 Å². The molecule has 0 fully saturated rings. The number of nitro benzene ring substituents is 1. The Bertz CT molecular complexity index is 1250. The van der Waals surface area contributed by atoms with E-state index < -0.39 is 37.9 Å². The van der Waals surface area contributed by atoms with Crippen LogP contribution in [0.2, 0.25) is 0 Å². The quantitative estimate of drug-likeness (QED) is 0.279. The van der Waals surface area contributed by atoms with Gasteiger partial charge in [-0.1, -0.05) is 0 Å². The number of rotatable bonds is 4. The molecular weight excluding hydrogens is 400 g/mol. The van der Waals surface area contributed by atoms with Crippen LogP contribution in [0.4, 0.5) is 5.69 Å². The Labute approximate surface area is 187 Å². The van der Waals surface area contributed by atoms with Crippen molar-refractivity contribution in [3.63, 3.8) is 0 Å². The molecule has 3 aromatic rings. The molecule has 128 valence electrons. The zero-order valence-corrected chi connectivity index (χ0v) is 18.9. The van der Waals surface area contributed by atoms with Crippen LogP contribution in [-0.4, -0.2) is 73.8 Å². The van der Waals surface area contributed by atoms with E-state index in [0.717, 1.165) is 2.81 Å². The van der Waals surface area contributed by atoms with Crippen molar-refractivity contribution in [2.75, 3.05) is 0 Å². The van der Waals surface area contributed by atoms with Gasteiger partial charge in [-0.15, -0.1) is 0 Å². The first kappa shape index (κ1) is 20.5. The molecule has 0 aliphatic heterocycles. The van der Waals surface area contributed by atoms with E-state index >= 15 is 0 Å². The normalized spacial score (nSPS) is 11.6. The molecule has 3 rings (SSSR count). The van der Waals surface area contributed by atoms with Gasteiger partial charge in [0.25, 0.3) is 0 Å². The Morgan fingerprint density at radius 2 is 1.74 bits per heavy atom. The summed E-state index contributed by atoms with van der Waals surface area (Å²) < 4.78 is 42.9. The number of hydrogen-bond acceptors (Lipinski definition) is 7. The molecule has 0 spiro atoms. The third-order valence-corrected chi connectivity index (χ3v) is 5.42. The summed E-state index contributed by atoms with van der Waals surface area (Å²) in [6.45, 7) is 0. The summed E-state index contributed by atoms with van der Waals surface area (Å²) in [7, 11) is -5.03. The predicted octanol–water partition coefficient (Wildman–Crippen LogP) is 0.137. The van der Waals surface area contributed by atoms with E-state index in [-0.39, 0.29) is 16.5 Å². The summed E-state index contributed by atoms with van der Waals surface area (Å²) in [6, 6.07) is 8.94. The van der Waals surface area contributed by atoms with Crippen molar-refractivity contribution in [2.45, 2.75) is 0 Å². The van der Waals surface area contributed by atoms with E-state index in [0.29, 0.717) is 58.7 Å². The van der Waals surface area contributed by atoms with Crippen molar-refractivity contribution in [2.24, 2.45) is 0 Å². The molecule has 0 aliphatic rings. The molecule has 0 aliphatic carbocycles. The summed E-state index contributed by atoms with van der Waals surface area (Å²) in [5.74, 6) is -0.827. The molecule has 0 bridgehead atoms. The third-order valence-electron chi connectivity index (χ3n) is 3.82. The Hall–Kier alpha value is -1.24. The molecule has 0 atom stereocenters. The Balaban J connectivity index is 2.46. The summed E-state index contributed by atoms with van der Waals surface area (Å²) in [5, 5.41) is 11.6. The Kier molecular flexibility index (Phi) is 5.80. The second-order valence-corrected chi connectivity index (χ2v) is 9.21. The molecule has 2 aromatic carbocycles. The minimum atomic E-state index is -5.03. The van der Waals surface area contributed by atoms with Crippen molar-refractivity contribution in [1.29, 1.82) is 0 Å². The molecule has 0 unspecified atom stereocenters. The Morgan fingerprint density at radius 1 is 1.11 bits per heavy atom. The van der Waals surface area contributed by atoms with Crippen LogP contribution in [0.3, 0.4) is 0 Å². The van der Waals surface area contributed by atoms with Crippen molar-refractivity contribution in [1.82, 2.24) is 0 Å². The van der Waals surface area contributed by atoms with Crippen molar-refractivity contribution in [3.05, 3.63) is 56.7 Å². The second-order valence-electron chi connectivity index (χ2n) is 5.88. The van der Waals surface area contributed by atoms with Crippen LogP contribution in [0.1, 0.15) is 0 Å². The number of benzene rings is 2. The summed E-state index contributed by atoms with van der Waals surface area (Å²) in [6.07, 6.45) is 0. The fraction of sp³-hybridized carbons (Fsp3) is 0. The van der Waals surface area contributed by atoms with Gasteiger partial charge in [0.05, 0.1) is 0 Å². The van der Waals surface area contributed by atoms with Crippen molar-refractivity contribution >= 4 is 88.5 Å². The van der Waals surface area contributed by atoms with E-state index in [9.17, 15) is 23.3 Å². The average molecular weight is 407 g/mol. The summed E-state index contributed by atoms with van der Waals surface area (Å²) >= 11 is 1.18. The van der Waals surface area contributed by atoms with Gasteiger partial charge in [-0.3, -0.25) is 0 Å². The molecule has 27 heavy (non-hydrogen) atoms. The average Bonchev–Trinajstić information content (AvgIpc) is 2.54. The van der Waals surface area contributed by atoms with Crippen LogP contribution >= 0.6 is 0 Å². The topological polar surface area (TPSA) is 137 Å². The monoisotopic (exact) mass is 407 g/mol. The standard InChI is InChI=1S/C15H7NO8S.2Na/c17-14-10-6-2-4-8-12(10)23-15(24-25(20,21)22)13(14)9-5-1-3-7-11(9)16(18)19;;/h1-2,5-8H,(H,20,21,22);;. The Morgan fingerprint density at radius 3 is 2.37 bits per heavy atom. The number of fused-ring (bicyclic) bond motifs is 1. The minimum absolute atomic E-state index is 0.0528. The molecule has 0 radical (unpaired) electrons. The van der Waals surface area contributed by atoms with Crippen LogP contribution < -0.4 is 15.2 Å². The maximum atomic E-state index is 13.0. The van der Waals surface area contributed by atoms with Crippen LogP contribution in [0.25, 0.3) is 22.1 Å². The van der Waals surface area contributed by atoms with Crippen molar-refractivity contribution in [3.8, 4) is 17.1 Å². The number of nitrogens with zero attached hydrogens (tertiary/aromatic N) is 1. The van der Waals surface area contributed by atoms with Gasteiger partial charge < -0.3 is 0 Å². The molecule has 0 amide bonds. The van der Waals surface area contributed by atoms with Crippen LogP contribution in [0.5, 0.6) is 5.95 Å². The molecule has 9 nitrogen and oxygen atoms in total. The van der Waals surface area contributed by atoms with Gasteiger partial charge >= 0.3 is 189 Å². The van der Waals surface area contributed by atoms with Crippen LogP contribution in [0, 0.1) is 10.1 Å². The molecule has 1 aromatic heterocycles. The van der Waals surface area contributed by atoms with E-state index in [2.05, 4.69) is 4.18 Å².